The molecule has 1 aromatic heterocycles. The van der Waals surface area contributed by atoms with E-state index in [1.807, 2.05) is 13.8 Å². The van der Waals surface area contributed by atoms with E-state index in [9.17, 15) is 17.6 Å². The Hall–Kier alpha value is -2.97. The topological polar surface area (TPSA) is 70.8 Å². The Kier molecular flexibility index (Phi) is 7.82. The van der Waals surface area contributed by atoms with Gasteiger partial charge in [0.15, 0.2) is 0 Å². The summed E-state index contributed by atoms with van der Waals surface area (Å²) >= 11 is 0. The zero-order chi connectivity index (χ0) is 23.1. The van der Waals surface area contributed by atoms with Crippen molar-refractivity contribution < 1.29 is 22.0 Å². The van der Waals surface area contributed by atoms with Gasteiger partial charge in [0.25, 0.3) is 0 Å². The van der Waals surface area contributed by atoms with Gasteiger partial charge in [0.2, 0.25) is 15.9 Å². The maximum absolute atomic E-state index is 13.3. The summed E-state index contributed by atoms with van der Waals surface area (Å²) in [4.78, 5) is 15.0. The van der Waals surface area contributed by atoms with Crippen LogP contribution in [0.15, 0.2) is 82.3 Å². The number of rotatable bonds is 10. The molecule has 170 valence electrons. The highest BCUT2D eigenvalue weighted by Crippen LogP contribution is 2.19. The van der Waals surface area contributed by atoms with Gasteiger partial charge < -0.3 is 9.32 Å². The molecule has 0 bridgehead atoms. The number of nitrogens with zero attached hydrogens (tertiary/aromatic N) is 2. The summed E-state index contributed by atoms with van der Waals surface area (Å²) in [6.07, 6.45) is 1.51. The molecule has 3 aromatic rings. The number of furan rings is 1. The van der Waals surface area contributed by atoms with Crippen LogP contribution in [0.1, 0.15) is 25.2 Å². The first-order valence-corrected chi connectivity index (χ1v) is 11.8. The van der Waals surface area contributed by atoms with Crippen molar-refractivity contribution in [2.24, 2.45) is 5.92 Å². The van der Waals surface area contributed by atoms with Crippen molar-refractivity contribution in [2.45, 2.75) is 31.8 Å². The maximum atomic E-state index is 13.3. The van der Waals surface area contributed by atoms with Crippen LogP contribution in [0.5, 0.6) is 0 Å². The lowest BCUT2D eigenvalue weighted by molar-refractivity contribution is -0.133. The second-order valence-electron chi connectivity index (χ2n) is 7.96. The van der Waals surface area contributed by atoms with Crippen molar-refractivity contribution in [3.8, 4) is 0 Å². The zero-order valence-electron chi connectivity index (χ0n) is 18.1. The molecule has 8 heteroatoms. The molecule has 32 heavy (non-hydrogen) atoms. The molecule has 0 atom stereocenters. The predicted molar refractivity (Wildman–Crippen MR) is 119 cm³/mol. The number of amides is 1. The fraction of sp³-hybridized carbons (Fsp3) is 0.292. The first-order valence-electron chi connectivity index (χ1n) is 10.4. The second kappa shape index (κ2) is 10.6. The normalized spacial score (nSPS) is 11.8. The Balaban J connectivity index is 1.85. The smallest absolute Gasteiger partial charge is 0.243 e. The number of benzene rings is 2. The number of carbonyl (C=O) groups excluding carboxylic acids is 1. The van der Waals surface area contributed by atoms with Gasteiger partial charge in [-0.25, -0.2) is 12.8 Å². The van der Waals surface area contributed by atoms with E-state index >= 15 is 0 Å². The van der Waals surface area contributed by atoms with Crippen molar-refractivity contribution in [1.29, 1.82) is 0 Å². The van der Waals surface area contributed by atoms with Crippen LogP contribution in [0.2, 0.25) is 0 Å². The molecule has 0 aliphatic rings. The molecule has 6 nitrogen and oxygen atoms in total. The summed E-state index contributed by atoms with van der Waals surface area (Å²) in [5.74, 6) is -0.140. The van der Waals surface area contributed by atoms with Gasteiger partial charge in [0.1, 0.15) is 11.6 Å². The summed E-state index contributed by atoms with van der Waals surface area (Å²) in [7, 11) is -3.85. The molecule has 0 aliphatic heterocycles. The van der Waals surface area contributed by atoms with E-state index in [2.05, 4.69) is 0 Å². The molecule has 0 saturated carbocycles. The average Bonchev–Trinajstić information content (AvgIpc) is 3.28. The Morgan fingerprint density at radius 2 is 1.66 bits per heavy atom. The van der Waals surface area contributed by atoms with Crippen LogP contribution in [0, 0.1) is 11.7 Å². The SMILES string of the molecule is CC(C)CN(CC(=O)N(Cc1ccc(F)cc1)Cc1ccco1)S(=O)(=O)c1ccccc1. The highest BCUT2D eigenvalue weighted by Gasteiger charge is 2.29. The van der Waals surface area contributed by atoms with E-state index in [1.54, 1.807) is 42.5 Å². The van der Waals surface area contributed by atoms with Crippen molar-refractivity contribution in [3.63, 3.8) is 0 Å². The van der Waals surface area contributed by atoms with Crippen molar-refractivity contribution in [3.05, 3.63) is 90.1 Å². The molecule has 0 N–H and O–H groups in total. The Labute approximate surface area is 188 Å². The first kappa shape index (κ1) is 23.7. The highest BCUT2D eigenvalue weighted by molar-refractivity contribution is 7.89. The van der Waals surface area contributed by atoms with Gasteiger partial charge in [0, 0.05) is 13.1 Å². The van der Waals surface area contributed by atoms with Crippen LogP contribution in [0.4, 0.5) is 4.39 Å². The molecule has 0 aliphatic carbocycles. The summed E-state index contributed by atoms with van der Waals surface area (Å²) in [6, 6.07) is 17.4. The molecule has 0 fully saturated rings. The van der Waals surface area contributed by atoms with Gasteiger partial charge in [-0.2, -0.15) is 4.31 Å². The fourth-order valence-electron chi connectivity index (χ4n) is 3.28. The Morgan fingerprint density at radius 3 is 2.25 bits per heavy atom. The van der Waals surface area contributed by atoms with Gasteiger partial charge in [-0.1, -0.05) is 44.2 Å². The molecule has 2 aromatic carbocycles. The predicted octanol–water partition coefficient (Wildman–Crippen LogP) is 4.29. The summed E-state index contributed by atoms with van der Waals surface area (Å²) in [6.45, 7) is 4.06. The lowest BCUT2D eigenvalue weighted by Gasteiger charge is -2.28. The van der Waals surface area contributed by atoms with Crippen LogP contribution < -0.4 is 0 Å². The summed E-state index contributed by atoms with van der Waals surface area (Å²) in [5, 5.41) is 0. The van der Waals surface area contributed by atoms with Crippen LogP contribution in [-0.2, 0) is 27.9 Å². The zero-order valence-corrected chi connectivity index (χ0v) is 19.0. The van der Waals surface area contributed by atoms with Crippen molar-refractivity contribution >= 4 is 15.9 Å². The Bertz CT molecular complexity index is 1100. The minimum Gasteiger partial charge on any atom is -0.467 e. The van der Waals surface area contributed by atoms with Gasteiger partial charge in [-0.15, -0.1) is 0 Å². The fourth-order valence-corrected chi connectivity index (χ4v) is 4.85. The molecule has 3 rings (SSSR count). The third kappa shape index (κ3) is 6.27. The van der Waals surface area contributed by atoms with Crippen LogP contribution >= 0.6 is 0 Å². The summed E-state index contributed by atoms with van der Waals surface area (Å²) in [5.41, 5.74) is 0.729. The van der Waals surface area contributed by atoms with E-state index in [0.717, 1.165) is 5.56 Å². The molecule has 1 amide bonds. The van der Waals surface area contributed by atoms with Gasteiger partial charge in [-0.05, 0) is 47.9 Å². The third-order valence-electron chi connectivity index (χ3n) is 4.83. The number of hydrogen-bond donors (Lipinski definition) is 0. The minimum atomic E-state index is -3.85. The molecule has 0 radical (unpaired) electrons. The third-order valence-corrected chi connectivity index (χ3v) is 6.65. The van der Waals surface area contributed by atoms with Crippen LogP contribution in [-0.4, -0.2) is 36.6 Å². The Morgan fingerprint density at radius 1 is 0.969 bits per heavy atom. The van der Waals surface area contributed by atoms with Crippen LogP contribution in [0.25, 0.3) is 0 Å². The van der Waals surface area contributed by atoms with Gasteiger partial charge in [0.05, 0.1) is 24.2 Å². The maximum Gasteiger partial charge on any atom is 0.243 e. The van der Waals surface area contributed by atoms with Gasteiger partial charge in [-0.3, -0.25) is 4.79 Å². The summed E-state index contributed by atoms with van der Waals surface area (Å²) < 4.78 is 46.4. The van der Waals surface area contributed by atoms with E-state index in [1.165, 1.54) is 39.7 Å². The van der Waals surface area contributed by atoms with E-state index < -0.39 is 10.0 Å². The second-order valence-corrected chi connectivity index (χ2v) is 9.90. The van der Waals surface area contributed by atoms with Crippen molar-refractivity contribution in [2.75, 3.05) is 13.1 Å². The minimum absolute atomic E-state index is 0.0249. The number of halogens is 1. The molecule has 0 spiro atoms. The van der Waals surface area contributed by atoms with E-state index in [4.69, 9.17) is 4.42 Å². The highest BCUT2D eigenvalue weighted by atomic mass is 32.2. The molecular formula is C24H27FN2O4S. The number of hydrogen-bond acceptors (Lipinski definition) is 4. The molecule has 0 saturated heterocycles. The first-order chi connectivity index (χ1) is 15.3. The largest absolute Gasteiger partial charge is 0.467 e. The molecular weight excluding hydrogens is 431 g/mol. The number of carbonyl (C=O) groups is 1. The lowest BCUT2D eigenvalue weighted by atomic mass is 10.2. The number of sulfonamides is 1. The quantitative estimate of drug-likeness (QED) is 0.454. The van der Waals surface area contributed by atoms with Crippen molar-refractivity contribution in [1.82, 2.24) is 9.21 Å². The van der Waals surface area contributed by atoms with Gasteiger partial charge >= 0.3 is 0 Å². The van der Waals surface area contributed by atoms with E-state index in [-0.39, 0.29) is 48.7 Å². The lowest BCUT2D eigenvalue weighted by Crippen LogP contribution is -2.43. The monoisotopic (exact) mass is 458 g/mol. The molecule has 1 heterocycles. The van der Waals surface area contributed by atoms with E-state index in [0.29, 0.717) is 5.76 Å². The average molecular weight is 459 g/mol. The van der Waals surface area contributed by atoms with Crippen LogP contribution in [0.3, 0.4) is 0 Å². The standard InChI is InChI=1S/C24H27FN2O4S/c1-19(2)15-27(32(29,30)23-8-4-3-5-9-23)18-24(28)26(17-22-7-6-14-31-22)16-20-10-12-21(25)13-11-20/h3-14,19H,15-18H2,1-2H3. The molecule has 0 unspecified atom stereocenters.